The lowest BCUT2D eigenvalue weighted by Crippen LogP contribution is -2.41. The van der Waals surface area contributed by atoms with Crippen molar-refractivity contribution in [1.29, 1.82) is 0 Å². The van der Waals surface area contributed by atoms with Crippen molar-refractivity contribution in [3.05, 3.63) is 18.7 Å². The number of unbranched alkanes of at least 4 members (excludes halogenated alkanes) is 1. The third-order valence-electron chi connectivity index (χ3n) is 2.90. The van der Waals surface area contributed by atoms with Crippen molar-refractivity contribution in [2.75, 3.05) is 20.3 Å². The number of nitrogens with zero attached hydrogens (tertiary/aromatic N) is 2. The summed E-state index contributed by atoms with van der Waals surface area (Å²) in [6.45, 7) is 2.24. The van der Waals surface area contributed by atoms with Crippen LogP contribution >= 0.6 is 0 Å². The van der Waals surface area contributed by atoms with Gasteiger partial charge in [0.2, 0.25) is 5.91 Å². The Morgan fingerprint density at radius 3 is 3.00 bits per heavy atom. The first kappa shape index (κ1) is 15.7. The number of carbonyl (C=O) groups is 1. The average Bonchev–Trinajstić information content (AvgIpc) is 2.91. The summed E-state index contributed by atoms with van der Waals surface area (Å²) >= 11 is 0. The number of hydrogen-bond acceptors (Lipinski definition) is 4. The maximum absolute atomic E-state index is 11.6. The lowest BCUT2D eigenvalue weighted by Gasteiger charge is -2.11. The van der Waals surface area contributed by atoms with Crippen LogP contribution in [0.5, 0.6) is 0 Å². The molecule has 3 N–H and O–H groups in total. The molecule has 1 unspecified atom stereocenters. The van der Waals surface area contributed by atoms with Crippen LogP contribution < -0.4 is 11.1 Å². The monoisotopic (exact) mass is 268 g/mol. The maximum atomic E-state index is 11.6. The van der Waals surface area contributed by atoms with E-state index < -0.39 is 6.04 Å². The summed E-state index contributed by atoms with van der Waals surface area (Å²) in [5.41, 5.74) is 5.77. The van der Waals surface area contributed by atoms with E-state index in [9.17, 15) is 4.79 Å². The molecule has 0 aromatic carbocycles. The molecule has 0 aliphatic carbocycles. The number of imidazole rings is 1. The fourth-order valence-corrected chi connectivity index (χ4v) is 1.76. The number of nitrogens with two attached hydrogens (primary N) is 1. The number of hydrogen-bond donors (Lipinski definition) is 2. The molecule has 0 bridgehead atoms. The molecule has 1 aromatic heterocycles. The van der Waals surface area contributed by atoms with Gasteiger partial charge in [0.1, 0.15) is 0 Å². The van der Waals surface area contributed by atoms with Crippen LogP contribution in [0.15, 0.2) is 18.7 Å². The molecule has 108 valence electrons. The van der Waals surface area contributed by atoms with Gasteiger partial charge in [-0.2, -0.15) is 0 Å². The van der Waals surface area contributed by atoms with Gasteiger partial charge in [0.15, 0.2) is 0 Å². The Bertz CT molecular complexity index is 340. The van der Waals surface area contributed by atoms with Gasteiger partial charge in [-0.1, -0.05) is 0 Å². The van der Waals surface area contributed by atoms with E-state index in [0.29, 0.717) is 19.6 Å². The number of amides is 1. The molecule has 0 saturated heterocycles. The van der Waals surface area contributed by atoms with Crippen LogP contribution in [0.1, 0.15) is 25.7 Å². The first-order chi connectivity index (χ1) is 9.24. The molecule has 0 radical (unpaired) electrons. The zero-order chi connectivity index (χ0) is 13.9. The Morgan fingerprint density at radius 1 is 1.47 bits per heavy atom. The van der Waals surface area contributed by atoms with E-state index in [1.165, 1.54) is 0 Å². The van der Waals surface area contributed by atoms with Crippen LogP contribution in [0.2, 0.25) is 0 Å². The minimum atomic E-state index is -0.427. The molecular weight excluding hydrogens is 244 g/mol. The van der Waals surface area contributed by atoms with Gasteiger partial charge in [0.25, 0.3) is 0 Å². The van der Waals surface area contributed by atoms with Crippen molar-refractivity contribution in [1.82, 2.24) is 14.9 Å². The summed E-state index contributed by atoms with van der Waals surface area (Å²) in [6.07, 6.45) is 8.92. The summed E-state index contributed by atoms with van der Waals surface area (Å²) < 4.78 is 6.95. The van der Waals surface area contributed by atoms with Gasteiger partial charge in [0, 0.05) is 39.2 Å². The van der Waals surface area contributed by atoms with Crippen LogP contribution in [0.4, 0.5) is 0 Å². The van der Waals surface area contributed by atoms with E-state index in [1.807, 2.05) is 10.8 Å². The van der Waals surface area contributed by atoms with E-state index in [2.05, 4.69) is 10.3 Å². The van der Waals surface area contributed by atoms with E-state index in [4.69, 9.17) is 10.5 Å². The van der Waals surface area contributed by atoms with Crippen LogP contribution in [-0.4, -0.2) is 41.8 Å². The number of aryl methyl sites for hydroxylation is 1. The number of aromatic nitrogens is 2. The van der Waals surface area contributed by atoms with Crippen LogP contribution in [0.25, 0.3) is 0 Å². The van der Waals surface area contributed by atoms with Gasteiger partial charge < -0.3 is 20.4 Å². The maximum Gasteiger partial charge on any atom is 0.236 e. The highest BCUT2D eigenvalue weighted by atomic mass is 16.5. The molecule has 0 fully saturated rings. The summed E-state index contributed by atoms with van der Waals surface area (Å²) in [7, 11) is 1.64. The normalized spacial score (nSPS) is 12.3. The number of methoxy groups -OCH3 is 1. The third kappa shape index (κ3) is 6.93. The molecule has 1 atom stereocenters. The first-order valence-corrected chi connectivity index (χ1v) is 6.72. The standard InChI is InChI=1S/C13H24N4O2/c1-19-10-4-5-12(14)13(18)16-6-2-3-8-17-9-7-15-11-17/h7,9,11-12H,2-6,8,10,14H2,1H3,(H,16,18). The topological polar surface area (TPSA) is 82.2 Å². The number of ether oxygens (including phenoxy) is 1. The fourth-order valence-electron chi connectivity index (χ4n) is 1.76. The number of nitrogens with one attached hydrogen (secondary N) is 1. The van der Waals surface area contributed by atoms with Gasteiger partial charge >= 0.3 is 0 Å². The quantitative estimate of drug-likeness (QED) is 0.607. The Kier molecular flexibility index (Phi) is 7.84. The van der Waals surface area contributed by atoms with E-state index >= 15 is 0 Å². The largest absolute Gasteiger partial charge is 0.385 e. The van der Waals surface area contributed by atoms with Crippen molar-refractivity contribution >= 4 is 5.91 Å². The third-order valence-corrected chi connectivity index (χ3v) is 2.90. The highest BCUT2D eigenvalue weighted by Crippen LogP contribution is 1.97. The van der Waals surface area contributed by atoms with Crippen LogP contribution in [0.3, 0.4) is 0 Å². The Balaban J connectivity index is 2.00. The van der Waals surface area contributed by atoms with Gasteiger partial charge in [-0.05, 0) is 25.7 Å². The van der Waals surface area contributed by atoms with E-state index in [-0.39, 0.29) is 5.91 Å². The SMILES string of the molecule is COCCCC(N)C(=O)NCCCCn1ccnc1. The smallest absolute Gasteiger partial charge is 0.236 e. The molecule has 1 rings (SSSR count). The van der Waals surface area contributed by atoms with E-state index in [1.54, 1.807) is 19.6 Å². The summed E-state index contributed by atoms with van der Waals surface area (Å²) in [4.78, 5) is 15.6. The van der Waals surface area contributed by atoms with Crippen molar-refractivity contribution in [3.8, 4) is 0 Å². The minimum absolute atomic E-state index is 0.0706. The number of rotatable bonds is 10. The summed E-state index contributed by atoms with van der Waals surface area (Å²) in [5, 5.41) is 2.86. The zero-order valence-electron chi connectivity index (χ0n) is 11.5. The highest BCUT2D eigenvalue weighted by Gasteiger charge is 2.11. The molecule has 0 spiro atoms. The first-order valence-electron chi connectivity index (χ1n) is 6.72. The average molecular weight is 268 g/mol. The predicted molar refractivity (Wildman–Crippen MR) is 73.6 cm³/mol. The lowest BCUT2D eigenvalue weighted by atomic mass is 10.1. The fraction of sp³-hybridized carbons (Fsp3) is 0.692. The van der Waals surface area contributed by atoms with Gasteiger partial charge in [-0.25, -0.2) is 4.98 Å². The van der Waals surface area contributed by atoms with Gasteiger partial charge in [-0.3, -0.25) is 4.79 Å². The Morgan fingerprint density at radius 2 is 2.32 bits per heavy atom. The van der Waals surface area contributed by atoms with Crippen LogP contribution in [-0.2, 0) is 16.1 Å². The van der Waals surface area contributed by atoms with Crippen LogP contribution in [0, 0.1) is 0 Å². The Hall–Kier alpha value is -1.40. The second-order valence-corrected chi connectivity index (χ2v) is 4.54. The predicted octanol–water partition coefficient (Wildman–Crippen LogP) is 0.533. The lowest BCUT2D eigenvalue weighted by molar-refractivity contribution is -0.122. The van der Waals surface area contributed by atoms with E-state index in [0.717, 1.165) is 25.8 Å². The molecule has 6 nitrogen and oxygen atoms in total. The summed E-state index contributed by atoms with van der Waals surface area (Å²) in [6, 6.07) is -0.427. The molecule has 0 aliphatic heterocycles. The second kappa shape index (κ2) is 9.52. The molecule has 6 heteroatoms. The highest BCUT2D eigenvalue weighted by molar-refractivity contribution is 5.81. The molecule has 1 aromatic rings. The van der Waals surface area contributed by atoms with Crippen molar-refractivity contribution in [2.24, 2.45) is 5.73 Å². The molecule has 0 aliphatic rings. The van der Waals surface area contributed by atoms with Gasteiger partial charge in [-0.15, -0.1) is 0 Å². The molecule has 0 saturated carbocycles. The van der Waals surface area contributed by atoms with Crippen molar-refractivity contribution in [2.45, 2.75) is 38.3 Å². The second-order valence-electron chi connectivity index (χ2n) is 4.54. The molecule has 1 heterocycles. The zero-order valence-corrected chi connectivity index (χ0v) is 11.5. The molecule has 1 amide bonds. The number of carbonyl (C=O) groups excluding carboxylic acids is 1. The van der Waals surface area contributed by atoms with Crippen molar-refractivity contribution < 1.29 is 9.53 Å². The molecular formula is C13H24N4O2. The van der Waals surface area contributed by atoms with Crippen molar-refractivity contribution in [3.63, 3.8) is 0 Å². The molecule has 19 heavy (non-hydrogen) atoms. The minimum Gasteiger partial charge on any atom is -0.385 e. The van der Waals surface area contributed by atoms with Gasteiger partial charge in [0.05, 0.1) is 12.4 Å². The summed E-state index contributed by atoms with van der Waals surface area (Å²) in [5.74, 6) is -0.0706. The Labute approximate surface area is 114 Å².